The summed E-state index contributed by atoms with van der Waals surface area (Å²) in [6.45, 7) is 0.502. The van der Waals surface area contributed by atoms with Crippen LogP contribution >= 0.6 is 0 Å². The number of piperazine rings is 1. The Hall–Kier alpha value is -3.58. The first-order chi connectivity index (χ1) is 19.2. The van der Waals surface area contributed by atoms with Gasteiger partial charge in [0.05, 0.1) is 21.0 Å². The molecule has 3 aromatic carbocycles. The zero-order chi connectivity index (χ0) is 28.3. The summed E-state index contributed by atoms with van der Waals surface area (Å²) in [5.74, 6) is -0.951. The molecule has 0 aliphatic carbocycles. The van der Waals surface area contributed by atoms with E-state index in [9.17, 15) is 26.4 Å². The average molecular weight is 583 g/mol. The fourth-order valence-corrected chi connectivity index (χ4v) is 8.07. The van der Waals surface area contributed by atoms with Crippen LogP contribution < -0.4 is 5.32 Å². The first-order valence-corrected chi connectivity index (χ1v) is 15.9. The van der Waals surface area contributed by atoms with Crippen LogP contribution in [0.1, 0.15) is 23.2 Å². The van der Waals surface area contributed by atoms with Crippen LogP contribution in [0, 0.1) is 0 Å². The lowest BCUT2D eigenvalue weighted by molar-refractivity contribution is -0.120. The van der Waals surface area contributed by atoms with Gasteiger partial charge in [-0.1, -0.05) is 48.5 Å². The number of anilines is 1. The van der Waals surface area contributed by atoms with Gasteiger partial charge in [0.25, 0.3) is 5.91 Å². The predicted octanol–water partition coefficient (Wildman–Crippen LogP) is 2.63. The number of carbonyl (C=O) groups is 2. The second-order valence-corrected chi connectivity index (χ2v) is 13.5. The number of carbonyl (C=O) groups excluding carboxylic acids is 2. The summed E-state index contributed by atoms with van der Waals surface area (Å²) in [7, 11) is -8.14. The van der Waals surface area contributed by atoms with Gasteiger partial charge in [-0.3, -0.25) is 9.59 Å². The smallest absolute Gasteiger partial charge is 0.255 e. The van der Waals surface area contributed by atoms with Crippen LogP contribution in [0.25, 0.3) is 0 Å². The summed E-state index contributed by atoms with van der Waals surface area (Å²) in [5.41, 5.74) is 0.532. The second-order valence-electron chi connectivity index (χ2n) is 9.65. The van der Waals surface area contributed by atoms with E-state index in [0.29, 0.717) is 18.7 Å². The van der Waals surface area contributed by atoms with E-state index in [-0.39, 0.29) is 34.5 Å². The number of hydrogen-bond donors (Lipinski definition) is 1. The monoisotopic (exact) mass is 582 g/mol. The molecule has 12 heteroatoms. The van der Waals surface area contributed by atoms with Crippen molar-refractivity contribution in [1.82, 2.24) is 13.5 Å². The van der Waals surface area contributed by atoms with Crippen LogP contribution in [-0.2, 0) is 24.8 Å². The molecule has 3 aromatic rings. The van der Waals surface area contributed by atoms with Gasteiger partial charge in [-0.2, -0.15) is 8.61 Å². The highest BCUT2D eigenvalue weighted by atomic mass is 32.2. The van der Waals surface area contributed by atoms with Crippen molar-refractivity contribution in [2.24, 2.45) is 0 Å². The zero-order valence-corrected chi connectivity index (χ0v) is 23.4. The maximum atomic E-state index is 13.8. The van der Waals surface area contributed by atoms with Gasteiger partial charge in [0.2, 0.25) is 26.0 Å². The zero-order valence-electron chi connectivity index (χ0n) is 21.7. The van der Waals surface area contributed by atoms with Gasteiger partial charge in [0.15, 0.2) is 0 Å². The lowest BCUT2D eigenvalue weighted by atomic mass is 10.1. The van der Waals surface area contributed by atoms with E-state index >= 15 is 0 Å². The highest BCUT2D eigenvalue weighted by Gasteiger charge is 2.43. The van der Waals surface area contributed by atoms with E-state index in [0.717, 1.165) is 21.5 Å². The number of nitrogens with zero attached hydrogens (tertiary/aromatic N) is 3. The fourth-order valence-electron chi connectivity index (χ4n) is 5.02. The third kappa shape index (κ3) is 5.52. The Morgan fingerprint density at radius 1 is 0.675 bits per heavy atom. The van der Waals surface area contributed by atoms with E-state index in [2.05, 4.69) is 5.32 Å². The molecule has 0 aromatic heterocycles. The van der Waals surface area contributed by atoms with Crippen molar-refractivity contribution in [2.75, 3.05) is 38.0 Å². The number of benzene rings is 3. The number of amides is 2. The lowest BCUT2D eigenvalue weighted by Gasteiger charge is -2.39. The van der Waals surface area contributed by atoms with Gasteiger partial charge in [-0.05, 0) is 49.2 Å². The number of rotatable bonds is 7. The minimum absolute atomic E-state index is 0.00298. The molecule has 0 saturated carbocycles. The largest absolute Gasteiger partial charge is 0.339 e. The average Bonchev–Trinajstić information content (AvgIpc) is 3.53. The van der Waals surface area contributed by atoms with Gasteiger partial charge in [-0.25, -0.2) is 16.8 Å². The summed E-state index contributed by atoms with van der Waals surface area (Å²) in [4.78, 5) is 28.7. The summed E-state index contributed by atoms with van der Waals surface area (Å²) in [6, 6.07) is 20.7. The SMILES string of the molecule is O=C(Nc1ccccc1C(=O)N1CCCC1)[C@@H]1CN(S(=O)(=O)c2ccccc2)CCN1S(=O)(=O)c1ccccc1. The summed E-state index contributed by atoms with van der Waals surface area (Å²) in [6.07, 6.45) is 1.81. The molecule has 40 heavy (non-hydrogen) atoms. The molecule has 5 rings (SSSR count). The minimum Gasteiger partial charge on any atom is -0.339 e. The number of para-hydroxylation sites is 1. The molecule has 0 spiro atoms. The van der Waals surface area contributed by atoms with E-state index in [1.54, 1.807) is 65.6 Å². The van der Waals surface area contributed by atoms with Crippen molar-refractivity contribution in [3.63, 3.8) is 0 Å². The van der Waals surface area contributed by atoms with Crippen LogP contribution in [0.15, 0.2) is 94.7 Å². The van der Waals surface area contributed by atoms with Crippen molar-refractivity contribution < 1.29 is 26.4 Å². The third-order valence-electron chi connectivity index (χ3n) is 7.14. The van der Waals surface area contributed by atoms with Gasteiger partial charge in [-0.15, -0.1) is 0 Å². The molecular formula is C28H30N4O6S2. The summed E-state index contributed by atoms with van der Waals surface area (Å²) < 4.78 is 56.3. The third-order valence-corrected chi connectivity index (χ3v) is 10.9. The molecule has 0 unspecified atom stereocenters. The summed E-state index contributed by atoms with van der Waals surface area (Å²) >= 11 is 0. The van der Waals surface area contributed by atoms with Gasteiger partial charge in [0, 0.05) is 32.7 Å². The molecule has 1 atom stereocenters. The fraction of sp³-hybridized carbons (Fsp3) is 0.286. The van der Waals surface area contributed by atoms with Crippen LogP contribution in [0.4, 0.5) is 5.69 Å². The summed E-state index contributed by atoms with van der Waals surface area (Å²) in [5, 5.41) is 2.74. The molecule has 2 amide bonds. The van der Waals surface area contributed by atoms with Gasteiger partial charge in [0.1, 0.15) is 6.04 Å². The molecule has 2 aliphatic rings. The number of nitrogens with one attached hydrogen (secondary N) is 1. The van der Waals surface area contributed by atoms with Gasteiger partial charge < -0.3 is 10.2 Å². The molecule has 2 saturated heterocycles. The number of hydrogen-bond acceptors (Lipinski definition) is 6. The van der Waals surface area contributed by atoms with Crippen LogP contribution in [-0.4, -0.2) is 80.9 Å². The van der Waals surface area contributed by atoms with Crippen molar-refractivity contribution in [3.8, 4) is 0 Å². The Kier molecular flexibility index (Phi) is 8.04. The van der Waals surface area contributed by atoms with E-state index < -0.39 is 38.5 Å². The topological polar surface area (TPSA) is 124 Å². The second kappa shape index (κ2) is 11.5. The van der Waals surface area contributed by atoms with Crippen molar-refractivity contribution in [2.45, 2.75) is 28.7 Å². The first kappa shape index (κ1) is 28.0. The van der Waals surface area contributed by atoms with Crippen LogP contribution in [0.3, 0.4) is 0 Å². The van der Waals surface area contributed by atoms with Crippen molar-refractivity contribution >= 4 is 37.5 Å². The Bertz CT molecular complexity index is 1590. The first-order valence-electron chi connectivity index (χ1n) is 13.0. The molecule has 2 aliphatic heterocycles. The van der Waals surface area contributed by atoms with E-state index in [4.69, 9.17) is 0 Å². The van der Waals surface area contributed by atoms with E-state index in [1.807, 2.05) is 0 Å². The molecule has 0 bridgehead atoms. The molecule has 1 N–H and O–H groups in total. The molecule has 10 nitrogen and oxygen atoms in total. The molecule has 2 fully saturated rings. The normalized spacial score (nSPS) is 18.9. The maximum absolute atomic E-state index is 13.8. The maximum Gasteiger partial charge on any atom is 0.255 e. The van der Waals surface area contributed by atoms with Crippen molar-refractivity contribution in [3.05, 3.63) is 90.5 Å². The van der Waals surface area contributed by atoms with Crippen LogP contribution in [0.5, 0.6) is 0 Å². The quantitative estimate of drug-likeness (QED) is 0.457. The van der Waals surface area contributed by atoms with Crippen molar-refractivity contribution in [1.29, 1.82) is 0 Å². The van der Waals surface area contributed by atoms with Gasteiger partial charge >= 0.3 is 0 Å². The highest BCUT2D eigenvalue weighted by molar-refractivity contribution is 7.89. The lowest BCUT2D eigenvalue weighted by Crippen LogP contribution is -2.60. The Labute approximate surface area is 234 Å². The van der Waals surface area contributed by atoms with E-state index in [1.165, 1.54) is 24.3 Å². The molecular weight excluding hydrogens is 552 g/mol. The number of sulfonamides is 2. The number of likely N-dealkylation sites (tertiary alicyclic amines) is 1. The minimum atomic E-state index is -4.15. The Balaban J connectivity index is 1.48. The Morgan fingerprint density at radius 2 is 1.23 bits per heavy atom. The van der Waals surface area contributed by atoms with Crippen LogP contribution in [0.2, 0.25) is 0 Å². The standard InChI is InChI=1S/C28H30N4O6S2/c33-27(29-25-16-8-7-15-24(25)28(34)30-17-9-10-18-30)26-21-31(39(35,36)22-11-3-1-4-12-22)19-20-32(26)40(37,38)23-13-5-2-6-14-23/h1-8,11-16,26H,9-10,17-21H2,(H,29,33)/t26-/m0/s1. The Morgan fingerprint density at radius 3 is 1.85 bits per heavy atom. The molecule has 2 heterocycles. The predicted molar refractivity (Wildman–Crippen MR) is 150 cm³/mol. The highest BCUT2D eigenvalue weighted by Crippen LogP contribution is 2.27. The molecule has 0 radical (unpaired) electrons. The molecule has 210 valence electrons.